The molecule has 0 unspecified atom stereocenters. The summed E-state index contributed by atoms with van der Waals surface area (Å²) in [5.74, 6) is 1.36. The maximum absolute atomic E-state index is 13.4. The Morgan fingerprint density at radius 1 is 0.861 bits per heavy atom. The number of aromatic nitrogens is 2. The van der Waals surface area contributed by atoms with Gasteiger partial charge in [-0.05, 0) is 48.4 Å². The second kappa shape index (κ2) is 10.7. The zero-order chi connectivity index (χ0) is 24.9. The Morgan fingerprint density at radius 3 is 2.22 bits per heavy atom. The van der Waals surface area contributed by atoms with Crippen molar-refractivity contribution in [2.24, 2.45) is 0 Å². The molecule has 0 spiro atoms. The molecule has 5 rings (SSSR count). The van der Waals surface area contributed by atoms with Crippen LogP contribution in [0.5, 0.6) is 11.5 Å². The quantitative estimate of drug-likeness (QED) is 0.374. The standard InChI is InChI=1S/C29H29N3O4/c1-35-19-18-31-29(34)26-16-17-30(21-27(26)32(31)20-22-8-4-2-5-9-22)28(33)23-12-14-25(15-13-23)36-24-10-6-3-7-11-24/h2-15H,16-21H2,1H3. The van der Waals surface area contributed by atoms with Crippen LogP contribution in [0.1, 0.15) is 27.2 Å². The fourth-order valence-electron chi connectivity index (χ4n) is 4.61. The lowest BCUT2D eigenvalue weighted by Crippen LogP contribution is -2.37. The molecule has 0 saturated heterocycles. The lowest BCUT2D eigenvalue weighted by atomic mass is 10.1. The van der Waals surface area contributed by atoms with Gasteiger partial charge in [0.1, 0.15) is 11.5 Å². The summed E-state index contributed by atoms with van der Waals surface area (Å²) < 4.78 is 14.9. The molecule has 1 aliphatic rings. The van der Waals surface area contributed by atoms with E-state index in [4.69, 9.17) is 9.47 Å². The average molecular weight is 484 g/mol. The van der Waals surface area contributed by atoms with E-state index in [1.54, 1.807) is 23.9 Å². The van der Waals surface area contributed by atoms with Crippen LogP contribution in [-0.4, -0.2) is 40.4 Å². The van der Waals surface area contributed by atoms with Crippen molar-refractivity contribution in [3.8, 4) is 11.5 Å². The van der Waals surface area contributed by atoms with Gasteiger partial charge in [0, 0.05) is 24.8 Å². The van der Waals surface area contributed by atoms with Gasteiger partial charge in [0.15, 0.2) is 0 Å². The van der Waals surface area contributed by atoms with E-state index in [9.17, 15) is 9.59 Å². The van der Waals surface area contributed by atoms with Gasteiger partial charge in [-0.1, -0.05) is 48.5 Å². The lowest BCUT2D eigenvalue weighted by molar-refractivity contribution is 0.0729. The third-order valence-corrected chi connectivity index (χ3v) is 6.47. The van der Waals surface area contributed by atoms with E-state index in [-0.39, 0.29) is 11.5 Å². The highest BCUT2D eigenvalue weighted by Gasteiger charge is 2.29. The van der Waals surface area contributed by atoms with Gasteiger partial charge in [0.2, 0.25) is 0 Å². The molecule has 0 atom stereocenters. The number of rotatable bonds is 8. The average Bonchev–Trinajstić information content (AvgIpc) is 3.18. The zero-order valence-corrected chi connectivity index (χ0v) is 20.3. The Morgan fingerprint density at radius 2 is 1.53 bits per heavy atom. The molecule has 3 aromatic carbocycles. The SMILES string of the molecule is COCCn1c(=O)c2c(n1Cc1ccccc1)CN(C(=O)c1ccc(Oc3ccccc3)cc1)CC2. The number of carbonyl (C=O) groups excluding carboxylic acids is 1. The maximum atomic E-state index is 13.4. The molecule has 184 valence electrons. The highest BCUT2D eigenvalue weighted by atomic mass is 16.5. The first-order valence-corrected chi connectivity index (χ1v) is 12.1. The Hall–Kier alpha value is -4.10. The number of methoxy groups -OCH3 is 1. The van der Waals surface area contributed by atoms with E-state index >= 15 is 0 Å². The van der Waals surface area contributed by atoms with E-state index in [0.717, 1.165) is 22.6 Å². The van der Waals surface area contributed by atoms with Gasteiger partial charge in [-0.25, -0.2) is 4.68 Å². The predicted molar refractivity (Wildman–Crippen MR) is 138 cm³/mol. The van der Waals surface area contributed by atoms with Gasteiger partial charge >= 0.3 is 0 Å². The van der Waals surface area contributed by atoms with Crippen LogP contribution in [0, 0.1) is 0 Å². The molecule has 1 amide bonds. The smallest absolute Gasteiger partial charge is 0.270 e. The van der Waals surface area contributed by atoms with Gasteiger partial charge in [0.05, 0.1) is 31.9 Å². The van der Waals surface area contributed by atoms with E-state index < -0.39 is 0 Å². The number of para-hydroxylation sites is 1. The molecule has 4 aromatic rings. The largest absolute Gasteiger partial charge is 0.457 e. The molecular formula is C29H29N3O4. The van der Waals surface area contributed by atoms with Crippen LogP contribution >= 0.6 is 0 Å². The first-order chi connectivity index (χ1) is 17.6. The number of hydrogen-bond acceptors (Lipinski definition) is 4. The van der Waals surface area contributed by atoms with Gasteiger partial charge < -0.3 is 14.4 Å². The van der Waals surface area contributed by atoms with Crippen LogP contribution in [0.15, 0.2) is 89.7 Å². The van der Waals surface area contributed by atoms with Crippen LogP contribution in [-0.2, 0) is 30.8 Å². The predicted octanol–water partition coefficient (Wildman–Crippen LogP) is 4.34. The number of carbonyl (C=O) groups is 1. The highest BCUT2D eigenvalue weighted by Crippen LogP contribution is 2.24. The van der Waals surface area contributed by atoms with Crippen LogP contribution in [0.25, 0.3) is 0 Å². The molecule has 0 radical (unpaired) electrons. The minimum absolute atomic E-state index is 0.00694. The summed E-state index contributed by atoms with van der Waals surface area (Å²) in [6, 6.07) is 26.8. The van der Waals surface area contributed by atoms with Gasteiger partial charge in [-0.2, -0.15) is 0 Å². The number of amides is 1. The van der Waals surface area contributed by atoms with Crippen molar-refractivity contribution in [3.05, 3.63) is 118 Å². The fraction of sp³-hybridized carbons (Fsp3) is 0.241. The van der Waals surface area contributed by atoms with Crippen LogP contribution in [0.2, 0.25) is 0 Å². The number of nitrogens with zero attached hydrogens (tertiary/aromatic N) is 3. The maximum Gasteiger partial charge on any atom is 0.270 e. The second-order valence-corrected chi connectivity index (χ2v) is 8.81. The minimum atomic E-state index is -0.0599. The molecule has 1 aliphatic heterocycles. The topological polar surface area (TPSA) is 65.7 Å². The zero-order valence-electron chi connectivity index (χ0n) is 20.3. The van der Waals surface area contributed by atoms with Crippen molar-refractivity contribution >= 4 is 5.91 Å². The summed E-state index contributed by atoms with van der Waals surface area (Å²) in [6.45, 7) is 2.35. The molecule has 36 heavy (non-hydrogen) atoms. The summed E-state index contributed by atoms with van der Waals surface area (Å²) in [6.07, 6.45) is 0.532. The van der Waals surface area contributed by atoms with Crippen LogP contribution in [0.3, 0.4) is 0 Å². The Bertz CT molecular complexity index is 1380. The molecule has 0 N–H and O–H groups in total. The molecule has 7 nitrogen and oxygen atoms in total. The number of ether oxygens (including phenoxy) is 2. The summed E-state index contributed by atoms with van der Waals surface area (Å²) in [4.78, 5) is 28.4. The second-order valence-electron chi connectivity index (χ2n) is 8.81. The van der Waals surface area contributed by atoms with Gasteiger partial charge in [0.25, 0.3) is 11.5 Å². The Labute approximate surface area is 210 Å². The number of benzene rings is 3. The minimum Gasteiger partial charge on any atom is -0.457 e. The van der Waals surface area contributed by atoms with Crippen LogP contribution in [0.4, 0.5) is 0 Å². The fourth-order valence-corrected chi connectivity index (χ4v) is 4.61. The molecule has 0 bridgehead atoms. The Balaban J connectivity index is 1.38. The van der Waals surface area contributed by atoms with Crippen molar-refractivity contribution in [1.29, 1.82) is 0 Å². The molecular weight excluding hydrogens is 454 g/mol. The summed E-state index contributed by atoms with van der Waals surface area (Å²) in [5.41, 5.74) is 3.38. The molecule has 0 saturated carbocycles. The van der Waals surface area contributed by atoms with Crippen molar-refractivity contribution in [2.75, 3.05) is 20.3 Å². The summed E-state index contributed by atoms with van der Waals surface area (Å²) in [5, 5.41) is 0. The first kappa shape index (κ1) is 23.6. The summed E-state index contributed by atoms with van der Waals surface area (Å²) in [7, 11) is 1.63. The van der Waals surface area contributed by atoms with Crippen molar-refractivity contribution < 1.29 is 14.3 Å². The summed E-state index contributed by atoms with van der Waals surface area (Å²) >= 11 is 0. The molecule has 2 heterocycles. The van der Waals surface area contributed by atoms with E-state index in [1.807, 2.05) is 82.4 Å². The van der Waals surface area contributed by atoms with E-state index in [1.165, 1.54) is 0 Å². The van der Waals surface area contributed by atoms with Gasteiger partial charge in [-0.3, -0.25) is 14.3 Å². The number of hydrogen-bond donors (Lipinski definition) is 0. The third-order valence-electron chi connectivity index (χ3n) is 6.47. The molecule has 0 fully saturated rings. The van der Waals surface area contributed by atoms with Gasteiger partial charge in [-0.15, -0.1) is 0 Å². The van der Waals surface area contributed by atoms with Crippen molar-refractivity contribution in [1.82, 2.24) is 14.3 Å². The monoisotopic (exact) mass is 483 g/mol. The van der Waals surface area contributed by atoms with E-state index in [2.05, 4.69) is 0 Å². The molecule has 7 heteroatoms. The van der Waals surface area contributed by atoms with E-state index in [0.29, 0.717) is 50.5 Å². The highest BCUT2D eigenvalue weighted by molar-refractivity contribution is 5.94. The Kier molecular flexibility index (Phi) is 7.00. The van der Waals surface area contributed by atoms with Crippen molar-refractivity contribution in [2.45, 2.75) is 26.1 Å². The first-order valence-electron chi connectivity index (χ1n) is 12.1. The lowest BCUT2D eigenvalue weighted by Gasteiger charge is -2.28. The normalized spacial score (nSPS) is 12.9. The third kappa shape index (κ3) is 4.97. The van der Waals surface area contributed by atoms with Crippen molar-refractivity contribution in [3.63, 3.8) is 0 Å². The molecule has 0 aliphatic carbocycles. The molecule has 1 aromatic heterocycles. The van der Waals surface area contributed by atoms with Crippen LogP contribution < -0.4 is 10.3 Å². The number of fused-ring (bicyclic) bond motifs is 1.